The number of carbonyl (C=O) groups is 1. The molecule has 0 N–H and O–H groups in total. The summed E-state index contributed by atoms with van der Waals surface area (Å²) in [6.07, 6.45) is 0.991. The van der Waals surface area contributed by atoms with Crippen molar-refractivity contribution in [1.29, 1.82) is 0 Å². The van der Waals surface area contributed by atoms with Gasteiger partial charge in [0.15, 0.2) is 0 Å². The Hall–Kier alpha value is -2.79. The summed E-state index contributed by atoms with van der Waals surface area (Å²) in [5.41, 5.74) is 0.205. The number of halogens is 1. The van der Waals surface area contributed by atoms with Gasteiger partial charge in [-0.3, -0.25) is 9.10 Å². The number of benzene rings is 1. The van der Waals surface area contributed by atoms with Crippen LogP contribution >= 0.6 is 11.3 Å². The highest BCUT2D eigenvalue weighted by molar-refractivity contribution is 7.92. The molecular formula is C18H19FN4O4S2. The predicted molar refractivity (Wildman–Crippen MR) is 107 cm³/mol. The Morgan fingerprint density at radius 2 is 1.97 bits per heavy atom. The molecule has 1 aromatic carbocycles. The lowest BCUT2D eigenvalue weighted by Crippen LogP contribution is -2.42. The Labute approximate surface area is 171 Å². The number of carbonyl (C=O) groups excluding carboxylic acids is 1. The van der Waals surface area contributed by atoms with Gasteiger partial charge in [-0.15, -0.1) is 11.3 Å². The molecule has 2 aromatic heterocycles. The van der Waals surface area contributed by atoms with E-state index in [1.807, 2.05) is 17.5 Å². The van der Waals surface area contributed by atoms with Crippen LogP contribution in [-0.4, -0.2) is 48.7 Å². The molecule has 0 spiro atoms. The molecule has 0 aliphatic carbocycles. The zero-order valence-corrected chi connectivity index (χ0v) is 17.4. The zero-order valence-electron chi connectivity index (χ0n) is 15.8. The largest absolute Gasteiger partial charge is 0.337 e. The first-order chi connectivity index (χ1) is 13.8. The standard InChI is InChI=1S/C18H19FN4O4S2/c1-3-22(11-16-20-18(21-27-16)15-5-4-10-28-15)17(24)12-23(29(2,25)26)14-8-6-13(19)7-9-14/h4-10H,3,11-12H2,1-2H3. The summed E-state index contributed by atoms with van der Waals surface area (Å²) in [5.74, 6) is -0.265. The van der Waals surface area contributed by atoms with Gasteiger partial charge in [0.2, 0.25) is 27.6 Å². The van der Waals surface area contributed by atoms with Gasteiger partial charge in [0.25, 0.3) is 0 Å². The summed E-state index contributed by atoms with van der Waals surface area (Å²) in [6.45, 7) is 1.70. The molecule has 2 heterocycles. The van der Waals surface area contributed by atoms with Crippen LogP contribution in [0.25, 0.3) is 10.7 Å². The average Bonchev–Trinajstić information content (AvgIpc) is 3.35. The highest BCUT2D eigenvalue weighted by Crippen LogP contribution is 2.22. The van der Waals surface area contributed by atoms with Gasteiger partial charge in [0.1, 0.15) is 18.9 Å². The van der Waals surface area contributed by atoms with E-state index < -0.39 is 28.3 Å². The monoisotopic (exact) mass is 438 g/mol. The van der Waals surface area contributed by atoms with Crippen molar-refractivity contribution in [1.82, 2.24) is 15.0 Å². The first-order valence-corrected chi connectivity index (χ1v) is 11.4. The Bertz CT molecular complexity index is 1070. The maximum atomic E-state index is 13.2. The highest BCUT2D eigenvalue weighted by Gasteiger charge is 2.25. The van der Waals surface area contributed by atoms with Crippen LogP contribution in [0.1, 0.15) is 12.8 Å². The highest BCUT2D eigenvalue weighted by atomic mass is 32.2. The van der Waals surface area contributed by atoms with Gasteiger partial charge in [-0.2, -0.15) is 4.98 Å². The second-order valence-corrected chi connectivity index (χ2v) is 9.00. The lowest BCUT2D eigenvalue weighted by Gasteiger charge is -2.26. The van der Waals surface area contributed by atoms with Crippen LogP contribution in [0.15, 0.2) is 46.3 Å². The molecule has 0 saturated heterocycles. The fraction of sp³-hybridized carbons (Fsp3) is 0.278. The molecule has 8 nitrogen and oxygen atoms in total. The van der Waals surface area contributed by atoms with Gasteiger partial charge in [-0.25, -0.2) is 12.8 Å². The molecule has 0 radical (unpaired) electrons. The van der Waals surface area contributed by atoms with Crippen LogP contribution in [0.2, 0.25) is 0 Å². The lowest BCUT2D eigenvalue weighted by atomic mass is 10.3. The van der Waals surface area contributed by atoms with Crippen molar-refractivity contribution in [3.8, 4) is 10.7 Å². The number of rotatable bonds is 8. The fourth-order valence-electron chi connectivity index (χ4n) is 2.59. The molecule has 1 amide bonds. The van der Waals surface area contributed by atoms with Crippen molar-refractivity contribution < 1.29 is 22.1 Å². The minimum Gasteiger partial charge on any atom is -0.337 e. The molecule has 154 valence electrons. The Kier molecular flexibility index (Phi) is 6.28. The first-order valence-electron chi connectivity index (χ1n) is 8.65. The van der Waals surface area contributed by atoms with Crippen LogP contribution in [-0.2, 0) is 21.4 Å². The van der Waals surface area contributed by atoms with Gasteiger partial charge in [0, 0.05) is 6.54 Å². The molecule has 0 fully saturated rings. The fourth-order valence-corrected chi connectivity index (χ4v) is 4.09. The van der Waals surface area contributed by atoms with Crippen LogP contribution in [0, 0.1) is 5.82 Å². The second-order valence-electron chi connectivity index (χ2n) is 6.14. The van der Waals surface area contributed by atoms with Gasteiger partial charge in [-0.05, 0) is 42.6 Å². The second kappa shape index (κ2) is 8.70. The van der Waals surface area contributed by atoms with E-state index in [2.05, 4.69) is 10.1 Å². The Balaban J connectivity index is 1.75. The Morgan fingerprint density at radius 3 is 2.55 bits per heavy atom. The van der Waals surface area contributed by atoms with Crippen molar-refractivity contribution in [2.45, 2.75) is 13.5 Å². The molecule has 0 aliphatic heterocycles. The number of aromatic nitrogens is 2. The normalized spacial score (nSPS) is 11.4. The molecule has 0 bridgehead atoms. The number of thiophene rings is 1. The van der Waals surface area contributed by atoms with E-state index >= 15 is 0 Å². The molecule has 0 unspecified atom stereocenters. The van der Waals surface area contributed by atoms with Crippen molar-refractivity contribution >= 4 is 33.0 Å². The third kappa shape index (κ3) is 5.18. The maximum Gasteiger partial charge on any atom is 0.246 e. The number of likely N-dealkylation sites (N-methyl/N-ethyl adjacent to an activating group) is 1. The molecule has 11 heteroatoms. The van der Waals surface area contributed by atoms with E-state index in [0.29, 0.717) is 12.4 Å². The SMILES string of the molecule is CCN(Cc1nc(-c2cccs2)no1)C(=O)CN(c1ccc(F)cc1)S(C)(=O)=O. The van der Waals surface area contributed by atoms with Crippen LogP contribution in [0.4, 0.5) is 10.1 Å². The number of hydrogen-bond acceptors (Lipinski definition) is 7. The van der Waals surface area contributed by atoms with E-state index in [0.717, 1.165) is 27.6 Å². The summed E-state index contributed by atoms with van der Waals surface area (Å²) in [4.78, 5) is 19.3. The number of hydrogen-bond donors (Lipinski definition) is 0. The average molecular weight is 439 g/mol. The topological polar surface area (TPSA) is 96.6 Å². The summed E-state index contributed by atoms with van der Waals surface area (Å²) in [5, 5.41) is 5.80. The van der Waals surface area contributed by atoms with E-state index in [-0.39, 0.29) is 18.1 Å². The Morgan fingerprint density at radius 1 is 1.24 bits per heavy atom. The quantitative estimate of drug-likeness (QED) is 0.537. The smallest absolute Gasteiger partial charge is 0.246 e. The van der Waals surface area contributed by atoms with Crippen molar-refractivity contribution in [3.63, 3.8) is 0 Å². The van der Waals surface area contributed by atoms with Crippen molar-refractivity contribution in [2.24, 2.45) is 0 Å². The maximum absolute atomic E-state index is 13.2. The number of anilines is 1. The minimum absolute atomic E-state index is 0.0503. The molecule has 3 aromatic rings. The van der Waals surface area contributed by atoms with E-state index in [9.17, 15) is 17.6 Å². The summed E-state index contributed by atoms with van der Waals surface area (Å²) < 4.78 is 43.7. The van der Waals surface area contributed by atoms with Gasteiger partial charge < -0.3 is 9.42 Å². The van der Waals surface area contributed by atoms with Crippen LogP contribution in [0.3, 0.4) is 0 Å². The summed E-state index contributed by atoms with van der Waals surface area (Å²) in [6, 6.07) is 8.62. The van der Waals surface area contributed by atoms with Crippen LogP contribution in [0.5, 0.6) is 0 Å². The van der Waals surface area contributed by atoms with E-state index in [1.165, 1.54) is 28.4 Å². The van der Waals surface area contributed by atoms with E-state index in [1.54, 1.807) is 6.92 Å². The summed E-state index contributed by atoms with van der Waals surface area (Å²) >= 11 is 1.46. The third-order valence-electron chi connectivity index (χ3n) is 4.06. The molecule has 0 saturated carbocycles. The van der Waals surface area contributed by atoms with Gasteiger partial charge in [0.05, 0.1) is 16.8 Å². The van der Waals surface area contributed by atoms with Crippen LogP contribution < -0.4 is 4.31 Å². The van der Waals surface area contributed by atoms with Crippen molar-refractivity contribution in [2.75, 3.05) is 23.7 Å². The number of nitrogens with zero attached hydrogens (tertiary/aromatic N) is 4. The molecular weight excluding hydrogens is 419 g/mol. The van der Waals surface area contributed by atoms with Crippen molar-refractivity contribution in [3.05, 3.63) is 53.5 Å². The lowest BCUT2D eigenvalue weighted by molar-refractivity contribution is -0.130. The minimum atomic E-state index is -3.75. The van der Waals surface area contributed by atoms with E-state index in [4.69, 9.17) is 4.52 Å². The third-order valence-corrected chi connectivity index (χ3v) is 6.07. The molecule has 3 rings (SSSR count). The first kappa shape index (κ1) is 20.9. The predicted octanol–water partition coefficient (Wildman–Crippen LogP) is 2.75. The molecule has 0 aliphatic rings. The molecule has 29 heavy (non-hydrogen) atoms. The zero-order chi connectivity index (χ0) is 21.0. The van der Waals surface area contributed by atoms with Gasteiger partial charge in [-0.1, -0.05) is 11.2 Å². The number of amides is 1. The number of sulfonamides is 1. The van der Waals surface area contributed by atoms with Gasteiger partial charge >= 0.3 is 0 Å². The summed E-state index contributed by atoms with van der Waals surface area (Å²) in [7, 11) is -3.75. The molecule has 0 atom stereocenters.